The Balaban J connectivity index is 1.85. The summed E-state index contributed by atoms with van der Waals surface area (Å²) in [6.45, 7) is 0.723. The Morgan fingerprint density at radius 3 is 2.64 bits per heavy atom. The average molecular weight is 357 g/mol. The molecule has 25 heavy (non-hydrogen) atoms. The lowest BCUT2D eigenvalue weighted by atomic mass is 9.89. The van der Waals surface area contributed by atoms with E-state index in [1.165, 1.54) is 44.2 Å². The van der Waals surface area contributed by atoms with Crippen LogP contribution >= 0.6 is 11.5 Å². The highest BCUT2D eigenvalue weighted by Gasteiger charge is 2.19. The van der Waals surface area contributed by atoms with E-state index in [-0.39, 0.29) is 11.4 Å². The number of aromatic nitrogens is 2. The molecule has 1 saturated carbocycles. The van der Waals surface area contributed by atoms with Crippen LogP contribution < -0.4 is 11.3 Å². The molecule has 3 aromatic rings. The minimum atomic E-state index is -0.285. The van der Waals surface area contributed by atoms with E-state index < -0.39 is 0 Å². The van der Waals surface area contributed by atoms with E-state index in [2.05, 4.69) is 4.37 Å². The number of nitrogens with zero attached hydrogens (tertiary/aromatic N) is 2. The highest BCUT2D eigenvalue weighted by atomic mass is 32.1. The van der Waals surface area contributed by atoms with Crippen molar-refractivity contribution in [3.05, 3.63) is 46.6 Å². The third-order valence-electron chi connectivity index (χ3n) is 5.06. The van der Waals surface area contributed by atoms with Gasteiger partial charge in [-0.05, 0) is 48.0 Å². The van der Waals surface area contributed by atoms with E-state index in [9.17, 15) is 9.18 Å². The van der Waals surface area contributed by atoms with Crippen LogP contribution in [0.15, 0.2) is 35.3 Å². The zero-order valence-corrected chi connectivity index (χ0v) is 14.7. The summed E-state index contributed by atoms with van der Waals surface area (Å²) in [5.41, 5.74) is 7.68. The minimum Gasteiger partial charge on any atom is -0.382 e. The summed E-state index contributed by atoms with van der Waals surface area (Å²) in [7, 11) is 0. The molecule has 4 rings (SSSR count). The summed E-state index contributed by atoms with van der Waals surface area (Å²) in [6, 6.07) is 6.29. The first kappa shape index (κ1) is 16.3. The molecule has 0 bridgehead atoms. The van der Waals surface area contributed by atoms with Crippen molar-refractivity contribution < 1.29 is 4.39 Å². The van der Waals surface area contributed by atoms with Gasteiger partial charge in [0, 0.05) is 18.3 Å². The molecule has 1 aliphatic carbocycles. The van der Waals surface area contributed by atoms with Crippen molar-refractivity contribution in [2.75, 3.05) is 5.73 Å². The van der Waals surface area contributed by atoms with Gasteiger partial charge in [0.25, 0.3) is 5.56 Å². The van der Waals surface area contributed by atoms with Crippen LogP contribution in [0.3, 0.4) is 0 Å². The third-order valence-corrected chi connectivity index (χ3v) is 5.91. The molecule has 4 nitrogen and oxygen atoms in total. The first-order valence-electron chi connectivity index (χ1n) is 8.67. The maximum atomic E-state index is 13.3. The Kier molecular flexibility index (Phi) is 4.29. The average Bonchev–Trinajstić information content (AvgIpc) is 3.01. The fourth-order valence-electron chi connectivity index (χ4n) is 3.75. The number of rotatable bonds is 3. The molecule has 6 heteroatoms. The van der Waals surface area contributed by atoms with Gasteiger partial charge in [-0.25, -0.2) is 4.39 Å². The quantitative estimate of drug-likeness (QED) is 0.754. The molecule has 2 heterocycles. The fourth-order valence-corrected chi connectivity index (χ4v) is 4.53. The molecule has 2 aromatic heterocycles. The zero-order chi connectivity index (χ0) is 17.4. The third kappa shape index (κ3) is 3.06. The van der Waals surface area contributed by atoms with Crippen molar-refractivity contribution >= 4 is 27.4 Å². The van der Waals surface area contributed by atoms with Crippen LogP contribution in [0.1, 0.15) is 32.1 Å². The number of halogens is 1. The number of hydrogen-bond acceptors (Lipinski definition) is 4. The SMILES string of the molecule is Nc1nsc2c(=O)n(CC3CCCCC3)cc(-c3ccc(F)cc3)c12. The van der Waals surface area contributed by atoms with E-state index >= 15 is 0 Å². The molecule has 1 fully saturated rings. The van der Waals surface area contributed by atoms with Gasteiger partial charge in [-0.3, -0.25) is 4.79 Å². The Hall–Kier alpha value is -2.21. The second kappa shape index (κ2) is 6.59. The van der Waals surface area contributed by atoms with Gasteiger partial charge in [0.1, 0.15) is 16.3 Å². The molecule has 130 valence electrons. The molecule has 0 amide bonds. The summed E-state index contributed by atoms with van der Waals surface area (Å²) in [6.07, 6.45) is 7.97. The molecule has 0 atom stereocenters. The van der Waals surface area contributed by atoms with Crippen molar-refractivity contribution in [3.8, 4) is 11.1 Å². The highest BCUT2D eigenvalue weighted by Crippen LogP contribution is 2.33. The van der Waals surface area contributed by atoms with Crippen molar-refractivity contribution in [1.29, 1.82) is 0 Å². The molecule has 0 unspecified atom stereocenters. The molecule has 0 aliphatic heterocycles. The van der Waals surface area contributed by atoms with Crippen molar-refractivity contribution in [1.82, 2.24) is 8.94 Å². The van der Waals surface area contributed by atoms with Crippen LogP contribution in [-0.2, 0) is 6.54 Å². The van der Waals surface area contributed by atoms with Crippen LogP contribution in [0.2, 0.25) is 0 Å². The van der Waals surface area contributed by atoms with E-state index in [1.807, 2.05) is 6.20 Å². The number of benzene rings is 1. The maximum absolute atomic E-state index is 13.3. The predicted molar refractivity (Wildman–Crippen MR) is 100 cm³/mol. The highest BCUT2D eigenvalue weighted by molar-refractivity contribution is 7.13. The number of nitrogens with two attached hydrogens (primary N) is 1. The van der Waals surface area contributed by atoms with E-state index in [0.717, 1.165) is 29.2 Å². The zero-order valence-electron chi connectivity index (χ0n) is 13.9. The lowest BCUT2D eigenvalue weighted by molar-refractivity contribution is 0.317. The lowest BCUT2D eigenvalue weighted by Gasteiger charge is -2.22. The number of anilines is 1. The first-order valence-corrected chi connectivity index (χ1v) is 9.45. The first-order chi connectivity index (χ1) is 12.1. The Bertz CT molecular complexity index is 955. The molecule has 0 spiro atoms. The predicted octanol–water partition coefficient (Wildman–Crippen LogP) is 4.43. The Morgan fingerprint density at radius 2 is 1.92 bits per heavy atom. The molecule has 1 aromatic carbocycles. The van der Waals surface area contributed by atoms with Crippen LogP contribution in [0.4, 0.5) is 10.2 Å². The van der Waals surface area contributed by atoms with Crippen LogP contribution in [-0.4, -0.2) is 8.94 Å². The van der Waals surface area contributed by atoms with Gasteiger partial charge >= 0.3 is 0 Å². The second-order valence-electron chi connectivity index (χ2n) is 6.78. The van der Waals surface area contributed by atoms with Gasteiger partial charge in [-0.2, -0.15) is 4.37 Å². The van der Waals surface area contributed by atoms with Gasteiger partial charge in [-0.15, -0.1) is 0 Å². The van der Waals surface area contributed by atoms with E-state index in [0.29, 0.717) is 21.8 Å². The Morgan fingerprint density at radius 1 is 1.20 bits per heavy atom. The topological polar surface area (TPSA) is 60.9 Å². The van der Waals surface area contributed by atoms with Gasteiger partial charge in [0.05, 0.1) is 5.39 Å². The van der Waals surface area contributed by atoms with Crippen molar-refractivity contribution in [2.24, 2.45) is 5.92 Å². The van der Waals surface area contributed by atoms with Crippen LogP contribution in [0.25, 0.3) is 21.2 Å². The summed E-state index contributed by atoms with van der Waals surface area (Å²) in [5.74, 6) is 0.614. The number of hydrogen-bond donors (Lipinski definition) is 1. The van der Waals surface area contributed by atoms with Gasteiger partial charge in [0.2, 0.25) is 0 Å². The number of fused-ring (bicyclic) bond motifs is 1. The summed E-state index contributed by atoms with van der Waals surface area (Å²) >= 11 is 1.15. The summed E-state index contributed by atoms with van der Waals surface area (Å²) < 4.78 is 19.9. The number of pyridine rings is 1. The molecule has 2 N–H and O–H groups in total. The number of nitrogen functional groups attached to an aromatic ring is 1. The molecule has 0 radical (unpaired) electrons. The minimum absolute atomic E-state index is 0.0272. The molecule has 0 saturated heterocycles. The monoisotopic (exact) mass is 357 g/mol. The molecule has 1 aliphatic rings. The lowest BCUT2D eigenvalue weighted by Crippen LogP contribution is -2.24. The summed E-state index contributed by atoms with van der Waals surface area (Å²) in [5, 5.41) is 0.682. The van der Waals surface area contributed by atoms with Crippen LogP contribution in [0.5, 0.6) is 0 Å². The fraction of sp³-hybridized carbons (Fsp3) is 0.368. The van der Waals surface area contributed by atoms with E-state index in [4.69, 9.17) is 5.73 Å². The molecular weight excluding hydrogens is 337 g/mol. The normalized spacial score (nSPS) is 15.7. The largest absolute Gasteiger partial charge is 0.382 e. The second-order valence-corrected chi connectivity index (χ2v) is 7.56. The van der Waals surface area contributed by atoms with Gasteiger partial charge < -0.3 is 10.3 Å². The standard InChI is InChI=1S/C19H20FN3OS/c20-14-8-6-13(7-9-14)15-11-23(10-12-4-2-1-3-5-12)19(24)17-16(15)18(21)22-25-17/h6-9,11-12H,1-5,10H2,(H2,21,22). The van der Waals surface area contributed by atoms with Gasteiger partial charge in [0.15, 0.2) is 0 Å². The summed E-state index contributed by atoms with van der Waals surface area (Å²) in [4.78, 5) is 12.9. The van der Waals surface area contributed by atoms with Crippen molar-refractivity contribution in [2.45, 2.75) is 38.6 Å². The van der Waals surface area contributed by atoms with Gasteiger partial charge in [-0.1, -0.05) is 31.4 Å². The molecular formula is C19H20FN3OS. The van der Waals surface area contributed by atoms with Crippen LogP contribution in [0, 0.1) is 11.7 Å². The Labute approximate surface area is 149 Å². The smallest absolute Gasteiger partial charge is 0.270 e. The maximum Gasteiger partial charge on any atom is 0.270 e. The van der Waals surface area contributed by atoms with Crippen molar-refractivity contribution in [3.63, 3.8) is 0 Å². The van der Waals surface area contributed by atoms with E-state index in [1.54, 1.807) is 16.7 Å².